The van der Waals surface area contributed by atoms with E-state index in [4.69, 9.17) is 0 Å². The summed E-state index contributed by atoms with van der Waals surface area (Å²) in [6, 6.07) is 0. The Kier molecular flexibility index (Phi) is 5.09. The van der Waals surface area contributed by atoms with Crippen molar-refractivity contribution >= 4 is 5.91 Å². The Morgan fingerprint density at radius 2 is 2.07 bits per heavy atom. The van der Waals surface area contributed by atoms with E-state index >= 15 is 0 Å². The molecule has 1 aliphatic heterocycles. The summed E-state index contributed by atoms with van der Waals surface area (Å²) in [5.74, 6) is 0.761. The number of rotatable bonds is 4. The van der Waals surface area contributed by atoms with Crippen molar-refractivity contribution in [2.45, 2.75) is 52.1 Å². The molecule has 0 aromatic heterocycles. The SMILES string of the molecule is CCCC(C)CC(=O)N1CCC(O)CC1. The molecule has 0 bridgehead atoms. The average Bonchev–Trinajstić information content (AvgIpc) is 2.18. The number of nitrogens with zero attached hydrogens (tertiary/aromatic N) is 1. The number of aliphatic hydroxyl groups excluding tert-OH is 1. The zero-order chi connectivity index (χ0) is 11.3. The van der Waals surface area contributed by atoms with E-state index in [0.717, 1.165) is 38.8 Å². The second-order valence-corrected chi connectivity index (χ2v) is 4.71. The van der Waals surface area contributed by atoms with Gasteiger partial charge >= 0.3 is 0 Å². The van der Waals surface area contributed by atoms with Crippen LogP contribution in [-0.4, -0.2) is 35.1 Å². The molecule has 1 saturated heterocycles. The maximum atomic E-state index is 11.8. The maximum Gasteiger partial charge on any atom is 0.222 e. The Morgan fingerprint density at radius 3 is 2.60 bits per heavy atom. The molecule has 88 valence electrons. The van der Waals surface area contributed by atoms with Gasteiger partial charge in [-0.05, 0) is 18.8 Å². The van der Waals surface area contributed by atoms with E-state index in [1.165, 1.54) is 0 Å². The van der Waals surface area contributed by atoms with Crippen LogP contribution in [0.3, 0.4) is 0 Å². The summed E-state index contributed by atoms with van der Waals surface area (Å²) >= 11 is 0. The first kappa shape index (κ1) is 12.5. The Morgan fingerprint density at radius 1 is 1.47 bits per heavy atom. The fraction of sp³-hybridized carbons (Fsp3) is 0.917. The van der Waals surface area contributed by atoms with Gasteiger partial charge in [-0.2, -0.15) is 0 Å². The van der Waals surface area contributed by atoms with Crippen molar-refractivity contribution in [3.8, 4) is 0 Å². The van der Waals surface area contributed by atoms with Crippen LogP contribution in [0.25, 0.3) is 0 Å². The molecule has 15 heavy (non-hydrogen) atoms. The highest BCUT2D eigenvalue weighted by molar-refractivity contribution is 5.76. The lowest BCUT2D eigenvalue weighted by Crippen LogP contribution is -2.40. The van der Waals surface area contributed by atoms with Crippen LogP contribution in [-0.2, 0) is 4.79 Å². The smallest absolute Gasteiger partial charge is 0.222 e. The Labute approximate surface area is 92.5 Å². The topological polar surface area (TPSA) is 40.5 Å². The summed E-state index contributed by atoms with van der Waals surface area (Å²) in [6.45, 7) is 5.76. The van der Waals surface area contributed by atoms with E-state index in [1.807, 2.05) is 4.90 Å². The van der Waals surface area contributed by atoms with Crippen molar-refractivity contribution in [1.82, 2.24) is 4.90 Å². The third kappa shape index (κ3) is 4.20. The molecule has 1 atom stereocenters. The molecular formula is C12H23NO2. The molecular weight excluding hydrogens is 190 g/mol. The Balaban J connectivity index is 2.27. The Bertz CT molecular complexity index is 198. The van der Waals surface area contributed by atoms with Gasteiger partial charge in [0.2, 0.25) is 5.91 Å². The third-order valence-corrected chi connectivity index (χ3v) is 3.12. The fourth-order valence-electron chi connectivity index (χ4n) is 2.14. The molecule has 0 spiro atoms. The summed E-state index contributed by atoms with van der Waals surface area (Å²) in [7, 11) is 0. The lowest BCUT2D eigenvalue weighted by atomic mass is 10.0. The van der Waals surface area contributed by atoms with Crippen LogP contribution in [0.15, 0.2) is 0 Å². The van der Waals surface area contributed by atoms with Crippen molar-refractivity contribution in [2.24, 2.45) is 5.92 Å². The molecule has 1 rings (SSSR count). The van der Waals surface area contributed by atoms with Gasteiger partial charge < -0.3 is 10.0 Å². The number of amides is 1. The highest BCUT2D eigenvalue weighted by Crippen LogP contribution is 2.15. The largest absolute Gasteiger partial charge is 0.393 e. The minimum absolute atomic E-state index is 0.192. The van der Waals surface area contributed by atoms with Gasteiger partial charge in [-0.3, -0.25) is 4.79 Å². The summed E-state index contributed by atoms with van der Waals surface area (Å²) in [4.78, 5) is 13.7. The van der Waals surface area contributed by atoms with Crippen LogP contribution in [0, 0.1) is 5.92 Å². The van der Waals surface area contributed by atoms with Gasteiger partial charge in [0.1, 0.15) is 0 Å². The molecule has 0 radical (unpaired) electrons. The molecule has 1 heterocycles. The molecule has 3 heteroatoms. The lowest BCUT2D eigenvalue weighted by molar-refractivity contribution is -0.134. The van der Waals surface area contributed by atoms with Gasteiger partial charge in [0.15, 0.2) is 0 Å². The molecule has 1 amide bonds. The minimum Gasteiger partial charge on any atom is -0.393 e. The molecule has 0 aliphatic carbocycles. The van der Waals surface area contributed by atoms with Crippen LogP contribution in [0.1, 0.15) is 46.0 Å². The van der Waals surface area contributed by atoms with E-state index in [1.54, 1.807) is 0 Å². The van der Waals surface area contributed by atoms with Crippen LogP contribution < -0.4 is 0 Å². The number of likely N-dealkylation sites (tertiary alicyclic amines) is 1. The van der Waals surface area contributed by atoms with Crippen LogP contribution in [0.4, 0.5) is 0 Å². The molecule has 3 nitrogen and oxygen atoms in total. The van der Waals surface area contributed by atoms with Crippen molar-refractivity contribution in [3.05, 3.63) is 0 Å². The average molecular weight is 213 g/mol. The van der Waals surface area contributed by atoms with Gasteiger partial charge in [-0.1, -0.05) is 26.7 Å². The maximum absolute atomic E-state index is 11.8. The zero-order valence-corrected chi connectivity index (χ0v) is 9.91. The first-order chi connectivity index (χ1) is 7.13. The quantitative estimate of drug-likeness (QED) is 0.773. The summed E-state index contributed by atoms with van der Waals surface area (Å²) in [5.41, 5.74) is 0. The summed E-state index contributed by atoms with van der Waals surface area (Å²) in [6.07, 6.45) is 4.24. The van der Waals surface area contributed by atoms with Crippen molar-refractivity contribution in [3.63, 3.8) is 0 Å². The standard InChI is InChI=1S/C12H23NO2/c1-3-4-10(2)9-12(15)13-7-5-11(14)6-8-13/h10-11,14H,3-9H2,1-2H3. The highest BCUT2D eigenvalue weighted by Gasteiger charge is 2.21. The lowest BCUT2D eigenvalue weighted by Gasteiger charge is -2.30. The number of piperidine rings is 1. The van der Waals surface area contributed by atoms with Crippen molar-refractivity contribution in [2.75, 3.05) is 13.1 Å². The normalized spacial score (nSPS) is 20.3. The molecule has 1 fully saturated rings. The number of aliphatic hydroxyl groups is 1. The van der Waals surface area contributed by atoms with E-state index in [0.29, 0.717) is 12.3 Å². The van der Waals surface area contributed by atoms with E-state index in [9.17, 15) is 9.90 Å². The number of carbonyl (C=O) groups is 1. The molecule has 1 aliphatic rings. The molecule has 1 N–H and O–H groups in total. The van der Waals surface area contributed by atoms with Gasteiger partial charge in [0.25, 0.3) is 0 Å². The number of hydrogen-bond donors (Lipinski definition) is 1. The van der Waals surface area contributed by atoms with Gasteiger partial charge in [0, 0.05) is 19.5 Å². The number of carbonyl (C=O) groups excluding carboxylic acids is 1. The second kappa shape index (κ2) is 6.11. The van der Waals surface area contributed by atoms with Crippen LogP contribution in [0.5, 0.6) is 0 Å². The third-order valence-electron chi connectivity index (χ3n) is 3.12. The Hall–Kier alpha value is -0.570. The van der Waals surface area contributed by atoms with Crippen LogP contribution in [0.2, 0.25) is 0 Å². The monoisotopic (exact) mass is 213 g/mol. The fourth-order valence-corrected chi connectivity index (χ4v) is 2.14. The van der Waals surface area contributed by atoms with Gasteiger partial charge in [0.05, 0.1) is 6.10 Å². The van der Waals surface area contributed by atoms with Gasteiger partial charge in [-0.15, -0.1) is 0 Å². The van der Waals surface area contributed by atoms with Crippen molar-refractivity contribution in [1.29, 1.82) is 0 Å². The van der Waals surface area contributed by atoms with E-state index in [-0.39, 0.29) is 12.0 Å². The first-order valence-corrected chi connectivity index (χ1v) is 6.09. The summed E-state index contributed by atoms with van der Waals surface area (Å²) < 4.78 is 0. The second-order valence-electron chi connectivity index (χ2n) is 4.71. The number of hydrogen-bond acceptors (Lipinski definition) is 2. The predicted octanol–water partition coefficient (Wildman–Crippen LogP) is 1.80. The molecule has 0 aromatic carbocycles. The van der Waals surface area contributed by atoms with Crippen molar-refractivity contribution < 1.29 is 9.90 Å². The highest BCUT2D eigenvalue weighted by atomic mass is 16.3. The van der Waals surface area contributed by atoms with E-state index in [2.05, 4.69) is 13.8 Å². The van der Waals surface area contributed by atoms with E-state index < -0.39 is 0 Å². The van der Waals surface area contributed by atoms with Gasteiger partial charge in [-0.25, -0.2) is 0 Å². The molecule has 1 unspecified atom stereocenters. The zero-order valence-electron chi connectivity index (χ0n) is 9.91. The predicted molar refractivity (Wildman–Crippen MR) is 60.5 cm³/mol. The molecule has 0 saturated carbocycles. The molecule has 0 aromatic rings. The minimum atomic E-state index is -0.192. The summed E-state index contributed by atoms with van der Waals surface area (Å²) in [5, 5.41) is 9.34. The van der Waals surface area contributed by atoms with Crippen LogP contribution >= 0.6 is 0 Å². The first-order valence-electron chi connectivity index (χ1n) is 6.09.